The van der Waals surface area contributed by atoms with E-state index < -0.39 is 47.3 Å². The van der Waals surface area contributed by atoms with E-state index in [1.165, 1.54) is 0 Å². The average Bonchev–Trinajstić information content (AvgIpc) is 4.00. The summed E-state index contributed by atoms with van der Waals surface area (Å²) in [4.78, 5) is 69.9. The predicted octanol–water partition coefficient (Wildman–Crippen LogP) is 5.80. The van der Waals surface area contributed by atoms with E-state index in [1.54, 1.807) is 23.9 Å². The van der Waals surface area contributed by atoms with Crippen LogP contribution in [-0.2, 0) is 42.8 Å². The molecule has 4 saturated heterocycles. The number of amides is 4. The summed E-state index contributed by atoms with van der Waals surface area (Å²) in [5.74, 6) is -0.425. The minimum atomic E-state index is -0.960. The topological polar surface area (TPSA) is 96.5 Å². The lowest BCUT2D eigenvalue weighted by atomic mass is 9.54. The highest BCUT2D eigenvalue weighted by Gasteiger charge is 2.79. The maximum atomic E-state index is 15.5. The van der Waals surface area contributed by atoms with Crippen molar-refractivity contribution in [1.29, 1.82) is 0 Å². The fourth-order valence-corrected chi connectivity index (χ4v) is 12.0. The zero-order valence-electron chi connectivity index (χ0n) is 33.6. The third kappa shape index (κ3) is 4.87. The zero-order valence-corrected chi connectivity index (χ0v) is 33.6. The van der Waals surface area contributed by atoms with Gasteiger partial charge in [-0.3, -0.25) is 19.2 Å². The lowest BCUT2D eigenvalue weighted by Gasteiger charge is -2.50. The predicted molar refractivity (Wildman–Crippen MR) is 229 cm³/mol. The molecule has 6 heterocycles. The fraction of sp³-hybridized carbons (Fsp3) is 0.280. The molecule has 0 spiro atoms. The van der Waals surface area contributed by atoms with Gasteiger partial charge in [-0.05, 0) is 58.9 Å². The first-order valence-corrected chi connectivity index (χ1v) is 21.0. The van der Waals surface area contributed by atoms with E-state index in [0.29, 0.717) is 25.7 Å². The molecule has 2 unspecified atom stereocenters. The highest BCUT2D eigenvalue weighted by atomic mass is 16.2. The lowest BCUT2D eigenvalue weighted by Crippen LogP contribution is -2.68. The number of hydrogen-bond acceptors (Lipinski definition) is 6. The van der Waals surface area contributed by atoms with Crippen LogP contribution in [0.3, 0.4) is 0 Å². The highest BCUT2D eigenvalue weighted by molar-refractivity contribution is 6.01. The number of para-hydroxylation sites is 2. The summed E-state index contributed by atoms with van der Waals surface area (Å²) in [7, 11) is 3.52. The van der Waals surface area contributed by atoms with Crippen molar-refractivity contribution >= 4 is 41.1 Å². The van der Waals surface area contributed by atoms with Gasteiger partial charge in [0, 0.05) is 44.5 Å². The summed E-state index contributed by atoms with van der Waals surface area (Å²) in [6.45, 7) is 0. The van der Waals surface area contributed by atoms with Crippen LogP contribution in [0.2, 0.25) is 0 Å². The van der Waals surface area contributed by atoms with Crippen molar-refractivity contribution in [2.24, 2.45) is 0 Å². The summed E-state index contributed by atoms with van der Waals surface area (Å²) in [5, 5.41) is 3.83. The van der Waals surface area contributed by atoms with E-state index in [9.17, 15) is 4.79 Å². The van der Waals surface area contributed by atoms with Crippen LogP contribution in [0.15, 0.2) is 146 Å². The van der Waals surface area contributed by atoms with Crippen LogP contribution in [-0.4, -0.2) is 93.8 Å². The molecule has 4 fully saturated rings. The van der Waals surface area contributed by atoms with Gasteiger partial charge in [0.25, 0.3) is 0 Å². The van der Waals surface area contributed by atoms with Crippen LogP contribution in [0.25, 0.3) is 6.08 Å². The number of anilines is 2. The monoisotopic (exact) mass is 794 g/mol. The molecule has 300 valence electrons. The maximum absolute atomic E-state index is 15.5. The average molecular weight is 795 g/mol. The molecule has 0 aliphatic carbocycles. The molecule has 0 radical (unpaired) electrons. The van der Waals surface area contributed by atoms with Crippen molar-refractivity contribution in [3.63, 3.8) is 0 Å². The van der Waals surface area contributed by atoms with Crippen molar-refractivity contribution in [3.8, 4) is 0 Å². The van der Waals surface area contributed by atoms with Crippen molar-refractivity contribution in [3.05, 3.63) is 174 Å². The molecule has 6 aliphatic heterocycles. The van der Waals surface area contributed by atoms with Gasteiger partial charge in [0.15, 0.2) is 0 Å². The second-order valence-electron chi connectivity index (χ2n) is 17.3. The molecule has 0 aromatic heterocycles. The molecule has 1 N–H and O–H groups in total. The van der Waals surface area contributed by atoms with E-state index in [-0.39, 0.29) is 23.6 Å². The maximum Gasteiger partial charge on any atom is 0.248 e. The molecule has 0 saturated carbocycles. The number of benzene rings is 5. The van der Waals surface area contributed by atoms with Gasteiger partial charge in [0.1, 0.15) is 36.5 Å². The Morgan fingerprint density at radius 2 is 1.07 bits per heavy atom. The Morgan fingerprint density at radius 3 is 1.70 bits per heavy atom. The minimum Gasteiger partial charge on any atom is -0.364 e. The SMILES string of the molecule is CN1C(=O)[C@@H]2CC3(C45C[C@H]6C(=O)N(C)[C@@H](Cc7ccccc7)C(=O)N6[C@@H]4N(/C=C/c4ccccc4)c4ccccc45)c4ccccc4N[C@H]3N2C(=O)[C@@H]1Cc1ccccc1. The quantitative estimate of drug-likeness (QED) is 0.224. The van der Waals surface area contributed by atoms with E-state index in [0.717, 1.165) is 39.2 Å². The zero-order chi connectivity index (χ0) is 40.9. The van der Waals surface area contributed by atoms with Crippen molar-refractivity contribution in [1.82, 2.24) is 19.6 Å². The Hall–Kier alpha value is -6.68. The van der Waals surface area contributed by atoms with Gasteiger partial charge < -0.3 is 29.8 Å². The second kappa shape index (κ2) is 13.4. The number of nitrogens with one attached hydrogen (secondary N) is 1. The molecular weight excluding hydrogens is 749 g/mol. The Kier molecular flexibility index (Phi) is 8.14. The van der Waals surface area contributed by atoms with Crippen LogP contribution in [0, 0.1) is 0 Å². The van der Waals surface area contributed by atoms with Gasteiger partial charge in [-0.2, -0.15) is 0 Å². The van der Waals surface area contributed by atoms with Crippen LogP contribution in [0.4, 0.5) is 11.4 Å². The smallest absolute Gasteiger partial charge is 0.248 e. The molecule has 8 atom stereocenters. The normalized spacial score (nSPS) is 30.0. The van der Waals surface area contributed by atoms with Gasteiger partial charge >= 0.3 is 0 Å². The number of hydrogen-bond donors (Lipinski definition) is 1. The molecule has 5 aromatic rings. The van der Waals surface area contributed by atoms with Gasteiger partial charge in [-0.15, -0.1) is 0 Å². The summed E-state index contributed by atoms with van der Waals surface area (Å²) in [6.07, 6.45) is 4.23. The molecular formula is C50H46N6O4. The largest absolute Gasteiger partial charge is 0.364 e. The van der Waals surface area contributed by atoms with Crippen molar-refractivity contribution in [2.75, 3.05) is 24.3 Å². The third-order valence-corrected chi connectivity index (χ3v) is 14.6. The first-order valence-electron chi connectivity index (χ1n) is 21.0. The molecule has 5 aromatic carbocycles. The van der Waals surface area contributed by atoms with E-state index >= 15 is 14.4 Å². The number of nitrogens with zero attached hydrogens (tertiary/aromatic N) is 5. The summed E-state index contributed by atoms with van der Waals surface area (Å²) in [6, 6.07) is 43.4. The Morgan fingerprint density at radius 1 is 0.567 bits per heavy atom. The summed E-state index contributed by atoms with van der Waals surface area (Å²) >= 11 is 0. The van der Waals surface area contributed by atoms with Gasteiger partial charge in [0.2, 0.25) is 23.6 Å². The molecule has 6 aliphatic rings. The third-order valence-electron chi connectivity index (χ3n) is 14.6. The van der Waals surface area contributed by atoms with Crippen LogP contribution in [0.5, 0.6) is 0 Å². The van der Waals surface area contributed by atoms with Gasteiger partial charge in [0.05, 0.1) is 10.8 Å². The second-order valence-corrected chi connectivity index (χ2v) is 17.3. The molecule has 10 nitrogen and oxygen atoms in total. The first kappa shape index (κ1) is 36.4. The molecule has 60 heavy (non-hydrogen) atoms. The number of carbonyl (C=O) groups excluding carboxylic acids is 4. The number of carbonyl (C=O) groups is 4. The van der Waals surface area contributed by atoms with Gasteiger partial charge in [-0.25, -0.2) is 0 Å². The molecule has 10 heteroatoms. The van der Waals surface area contributed by atoms with Crippen molar-refractivity contribution in [2.45, 2.75) is 73.0 Å². The Balaban J connectivity index is 1.13. The summed E-state index contributed by atoms with van der Waals surface area (Å²) < 4.78 is 0. The summed E-state index contributed by atoms with van der Waals surface area (Å²) in [5.41, 5.74) is 4.87. The number of piperazine rings is 2. The highest BCUT2D eigenvalue weighted by Crippen LogP contribution is 2.70. The van der Waals surface area contributed by atoms with Crippen LogP contribution >= 0.6 is 0 Å². The Bertz CT molecular complexity index is 2590. The number of rotatable bonds is 7. The number of likely N-dealkylation sites (N-methyl/N-ethyl adjacent to an activating group) is 2. The molecule has 11 rings (SSSR count). The first-order chi connectivity index (χ1) is 29.2. The Labute approximate surface area is 349 Å². The molecule has 0 bridgehead atoms. The number of fused-ring (bicyclic) bond motifs is 11. The lowest BCUT2D eigenvalue weighted by molar-refractivity contribution is -0.159. The van der Waals surface area contributed by atoms with E-state index in [2.05, 4.69) is 46.8 Å². The standard InChI is InChI=1S/C50H46N6O4/c1-52-39(28-33-18-8-4-9-19-33)45(59)55-41(43(52)57)30-49(35-22-12-14-24-37(35)51-47(49)55)50-31-42-44(58)53(2)40(29-34-20-10-5-11-21-34)46(60)56(42)48(50)54(38-25-15-13-23-36(38)50)27-26-32-16-6-3-7-17-32/h3-27,39-42,47-48,51H,28-31H2,1-2H3/b27-26+/t39-,40-,41-,42-,47-,48-,49?,50?/m0/s1. The van der Waals surface area contributed by atoms with Crippen molar-refractivity contribution < 1.29 is 19.2 Å². The van der Waals surface area contributed by atoms with E-state index in [1.807, 2.05) is 125 Å². The van der Waals surface area contributed by atoms with Gasteiger partial charge in [-0.1, -0.05) is 127 Å². The minimum absolute atomic E-state index is 0.103. The van der Waals surface area contributed by atoms with E-state index in [4.69, 9.17) is 0 Å². The molecule has 4 amide bonds. The van der Waals surface area contributed by atoms with Crippen LogP contribution in [0.1, 0.15) is 40.7 Å². The van der Waals surface area contributed by atoms with Crippen LogP contribution < -0.4 is 10.2 Å². The fourth-order valence-electron chi connectivity index (χ4n) is 12.0.